The molecule has 0 aliphatic heterocycles. The van der Waals surface area contributed by atoms with E-state index in [-0.39, 0.29) is 16.4 Å². The zero-order valence-electron chi connectivity index (χ0n) is 21.2. The quantitative estimate of drug-likeness (QED) is 0.236. The van der Waals surface area contributed by atoms with E-state index in [2.05, 4.69) is 0 Å². The van der Waals surface area contributed by atoms with Crippen LogP contribution < -0.4 is 9.47 Å². The Bertz CT molecular complexity index is 1400. The maximum absolute atomic E-state index is 9.10. The van der Waals surface area contributed by atoms with Gasteiger partial charge in [0.2, 0.25) is 0 Å². The molecule has 0 bridgehead atoms. The van der Waals surface area contributed by atoms with E-state index < -0.39 is 0 Å². The Morgan fingerprint density at radius 3 is 1.38 bits per heavy atom. The van der Waals surface area contributed by atoms with Crippen molar-refractivity contribution in [2.45, 2.75) is 5.30 Å². The Hall–Kier alpha value is -5.11. The number of hydrogen-bond donors (Lipinski definition) is 0. The molecule has 9 heteroatoms. The summed E-state index contributed by atoms with van der Waals surface area (Å²) in [6.07, 6.45) is 9.76. The highest BCUT2D eigenvalue weighted by atomic mass is 16.5. The third-order valence-corrected chi connectivity index (χ3v) is 4.81. The van der Waals surface area contributed by atoms with Crippen LogP contribution in [-0.2, 0) is 0 Å². The van der Waals surface area contributed by atoms with Crippen molar-refractivity contribution in [3.8, 4) is 35.8 Å². The monoisotopic (exact) mass is 480 g/mol. The fourth-order valence-electron chi connectivity index (χ4n) is 3.19. The van der Waals surface area contributed by atoms with Crippen LogP contribution in [0.2, 0.25) is 0 Å². The maximum atomic E-state index is 9.10. The van der Waals surface area contributed by atoms with E-state index in [1.54, 1.807) is 31.4 Å². The van der Waals surface area contributed by atoms with Crippen LogP contribution in [0.4, 0.5) is 0 Å². The normalized spacial score (nSPS) is 11.3. The van der Waals surface area contributed by atoms with E-state index in [9.17, 15) is 0 Å². The van der Waals surface area contributed by atoms with Crippen molar-refractivity contribution in [3.05, 3.63) is 107 Å². The van der Waals surface area contributed by atoms with Crippen molar-refractivity contribution in [3.63, 3.8) is 0 Å². The number of rotatable bonds is 9. The summed E-state index contributed by atoms with van der Waals surface area (Å²) in [6.45, 7) is 0. The molecule has 0 amide bonds. The molecule has 0 saturated carbocycles. The molecule has 6 nitrogen and oxygen atoms in total. The molecule has 37 heavy (non-hydrogen) atoms. The van der Waals surface area contributed by atoms with Crippen molar-refractivity contribution in [2.75, 3.05) is 7.11 Å². The number of nitrogens with zero attached hydrogens (tertiary/aromatic N) is 4. The van der Waals surface area contributed by atoms with Gasteiger partial charge in [-0.1, -0.05) is 48.6 Å². The van der Waals surface area contributed by atoms with Gasteiger partial charge in [0.05, 0.1) is 7.11 Å². The number of benzene rings is 2. The van der Waals surface area contributed by atoms with Crippen molar-refractivity contribution in [1.82, 2.24) is 0 Å². The SMILES string of the molecule is BC(B)(B)Oc1ccc(C(/C=C/C=C(C#N)C#N)=C(\C=C\C=C(C#N)C#N)c2ccc(OC)cc2)cc1. The third kappa shape index (κ3) is 8.88. The van der Waals surface area contributed by atoms with Crippen molar-refractivity contribution < 1.29 is 9.47 Å². The van der Waals surface area contributed by atoms with Gasteiger partial charge in [-0.15, -0.1) is 0 Å². The smallest absolute Gasteiger partial charge is 0.135 e. The van der Waals surface area contributed by atoms with Crippen molar-refractivity contribution in [1.29, 1.82) is 21.0 Å². The van der Waals surface area contributed by atoms with Crippen LogP contribution in [0.1, 0.15) is 11.1 Å². The topological polar surface area (TPSA) is 114 Å². The average molecular weight is 480 g/mol. The Morgan fingerprint density at radius 1 is 0.676 bits per heavy atom. The molecule has 0 N–H and O–H groups in total. The lowest BCUT2D eigenvalue weighted by molar-refractivity contribution is 0.318. The van der Waals surface area contributed by atoms with Crippen LogP contribution >= 0.6 is 0 Å². The Morgan fingerprint density at radius 2 is 1.05 bits per heavy atom. The number of hydrogen-bond acceptors (Lipinski definition) is 6. The molecule has 2 rings (SSSR count). The highest BCUT2D eigenvalue weighted by Gasteiger charge is 2.13. The first kappa shape index (κ1) is 28.1. The summed E-state index contributed by atoms with van der Waals surface area (Å²) in [5.41, 5.74) is 3.20. The molecular weight excluding hydrogens is 457 g/mol. The first-order valence-corrected chi connectivity index (χ1v) is 11.3. The van der Waals surface area contributed by atoms with Gasteiger partial charge in [0.25, 0.3) is 0 Å². The lowest BCUT2D eigenvalue weighted by Crippen LogP contribution is -2.37. The standard InChI is InChI=1S/C28H23B3N4O2/c1-36-24-12-8-22(9-13-24)26(6-2-4-20(16-32)17-33)27(7-3-5-21(18-34)19-35)23-10-14-25(15-11-23)37-28(29,30)31/h2-15H,29-31H2,1H3/b6-2+,7-3+,27-26+. The van der Waals surface area contributed by atoms with E-state index in [1.807, 2.05) is 96.3 Å². The Balaban J connectivity index is 2.79. The van der Waals surface area contributed by atoms with Gasteiger partial charge in [0.1, 0.15) is 70.5 Å². The first-order valence-electron chi connectivity index (χ1n) is 11.3. The highest BCUT2D eigenvalue weighted by molar-refractivity contribution is 6.58. The van der Waals surface area contributed by atoms with E-state index in [0.717, 1.165) is 22.3 Å². The number of allylic oxidation sites excluding steroid dienone is 10. The molecule has 0 aromatic heterocycles. The molecule has 0 spiro atoms. The molecule has 2 aromatic carbocycles. The molecule has 0 aliphatic rings. The van der Waals surface area contributed by atoms with E-state index in [4.69, 9.17) is 30.5 Å². The van der Waals surface area contributed by atoms with Gasteiger partial charge in [-0.2, -0.15) is 21.0 Å². The van der Waals surface area contributed by atoms with Gasteiger partial charge in [0.15, 0.2) is 0 Å². The molecule has 0 unspecified atom stereocenters. The minimum atomic E-state index is -0.349. The van der Waals surface area contributed by atoms with Gasteiger partial charge in [-0.25, -0.2) is 0 Å². The second kappa shape index (κ2) is 13.7. The van der Waals surface area contributed by atoms with Crippen LogP contribution in [-0.4, -0.2) is 35.9 Å². The summed E-state index contributed by atoms with van der Waals surface area (Å²) in [5.74, 6) is 1.41. The van der Waals surface area contributed by atoms with Crippen molar-refractivity contribution >= 4 is 34.7 Å². The lowest BCUT2D eigenvalue weighted by Gasteiger charge is -2.22. The molecule has 0 saturated heterocycles. The summed E-state index contributed by atoms with van der Waals surface area (Å²) in [7, 11) is 7.51. The van der Waals surface area contributed by atoms with Crippen LogP contribution in [0.3, 0.4) is 0 Å². The molecule has 2 aromatic rings. The third-order valence-electron chi connectivity index (χ3n) is 4.81. The van der Waals surface area contributed by atoms with Gasteiger partial charge < -0.3 is 9.47 Å². The second-order valence-corrected chi connectivity index (χ2v) is 8.62. The summed E-state index contributed by atoms with van der Waals surface area (Å²) >= 11 is 0. The highest BCUT2D eigenvalue weighted by Crippen LogP contribution is 2.31. The molecule has 0 radical (unpaired) electrons. The van der Waals surface area contributed by atoms with Gasteiger partial charge in [-0.05, 0) is 58.7 Å². The number of nitriles is 4. The molecule has 0 fully saturated rings. The first-order chi connectivity index (χ1) is 17.7. The van der Waals surface area contributed by atoms with Gasteiger partial charge in [-0.3, -0.25) is 0 Å². The fourth-order valence-corrected chi connectivity index (χ4v) is 3.19. The zero-order chi connectivity index (χ0) is 27.3. The molecule has 176 valence electrons. The van der Waals surface area contributed by atoms with E-state index >= 15 is 0 Å². The Labute approximate surface area is 220 Å². The van der Waals surface area contributed by atoms with Crippen LogP contribution in [0.25, 0.3) is 11.1 Å². The molecular formula is C28H23B3N4O2. The maximum Gasteiger partial charge on any atom is 0.135 e. The zero-order valence-corrected chi connectivity index (χ0v) is 21.2. The molecule has 0 heterocycles. The molecule has 0 atom stereocenters. The fraction of sp³-hybridized carbons (Fsp3) is 0.0714. The summed E-state index contributed by atoms with van der Waals surface area (Å²) < 4.78 is 11.2. The van der Waals surface area contributed by atoms with Crippen LogP contribution in [0.15, 0.2) is 96.1 Å². The van der Waals surface area contributed by atoms with Crippen LogP contribution in [0, 0.1) is 45.3 Å². The summed E-state index contributed by atoms with van der Waals surface area (Å²) in [4.78, 5) is 0. The second-order valence-electron chi connectivity index (χ2n) is 8.62. The summed E-state index contributed by atoms with van der Waals surface area (Å²) in [5, 5.41) is 36.0. The minimum Gasteiger partial charge on any atom is -0.514 e. The lowest BCUT2D eigenvalue weighted by atomic mass is 9.52. The molecule has 0 aliphatic carbocycles. The predicted octanol–water partition coefficient (Wildman–Crippen LogP) is 2.55. The number of ether oxygens (including phenoxy) is 2. The predicted molar refractivity (Wildman–Crippen MR) is 152 cm³/mol. The largest absolute Gasteiger partial charge is 0.514 e. The minimum absolute atomic E-state index is 0.0262. The van der Waals surface area contributed by atoms with Gasteiger partial charge in [0, 0.05) is 5.30 Å². The van der Waals surface area contributed by atoms with Crippen LogP contribution in [0.5, 0.6) is 11.5 Å². The summed E-state index contributed by atoms with van der Waals surface area (Å²) in [6, 6.07) is 22.4. The van der Waals surface area contributed by atoms with E-state index in [1.165, 1.54) is 12.2 Å². The number of methoxy groups -OCH3 is 1. The average Bonchev–Trinajstić information content (AvgIpc) is 2.89. The van der Waals surface area contributed by atoms with E-state index in [0.29, 0.717) is 11.5 Å². The van der Waals surface area contributed by atoms with Crippen molar-refractivity contribution in [2.24, 2.45) is 0 Å². The van der Waals surface area contributed by atoms with Gasteiger partial charge >= 0.3 is 0 Å². The Kier molecular flexibility index (Phi) is 10.4.